The van der Waals surface area contributed by atoms with Crippen LogP contribution in [0.4, 0.5) is 5.00 Å². The molecule has 0 spiro atoms. The summed E-state index contributed by atoms with van der Waals surface area (Å²) < 4.78 is 0. The van der Waals surface area contributed by atoms with Crippen molar-refractivity contribution in [3.63, 3.8) is 0 Å². The molecule has 0 unspecified atom stereocenters. The first-order chi connectivity index (χ1) is 6.38. The Kier molecular flexibility index (Phi) is 2.92. The van der Waals surface area contributed by atoms with Crippen molar-refractivity contribution >= 4 is 16.3 Å². The van der Waals surface area contributed by atoms with E-state index in [0.717, 1.165) is 16.2 Å². The quantitative estimate of drug-likeness (QED) is 0.405. The molecule has 1 aromatic heterocycles. The van der Waals surface area contributed by atoms with Crippen LogP contribution in [0, 0.1) is 27.4 Å². The van der Waals surface area contributed by atoms with Gasteiger partial charge in [0.25, 0.3) is 0 Å². The Balaban J connectivity index is 2.87. The van der Waals surface area contributed by atoms with Gasteiger partial charge >= 0.3 is 5.00 Å². The summed E-state index contributed by atoms with van der Waals surface area (Å²) in [6.07, 6.45) is 0. The Morgan fingerprint density at radius 2 is 2.07 bits per heavy atom. The van der Waals surface area contributed by atoms with Crippen LogP contribution in [0.15, 0.2) is 12.1 Å². The molecule has 74 valence electrons. The van der Waals surface area contributed by atoms with E-state index in [9.17, 15) is 10.1 Å². The fraction of sp³-hybridized carbons (Fsp3) is 0.400. The fourth-order valence-corrected chi connectivity index (χ4v) is 1.42. The summed E-state index contributed by atoms with van der Waals surface area (Å²) in [6.45, 7) is 6.01. The van der Waals surface area contributed by atoms with Crippen LogP contribution in [0.2, 0.25) is 0 Å². The third-order valence-electron chi connectivity index (χ3n) is 1.33. The number of hydrogen-bond donors (Lipinski definition) is 0. The van der Waals surface area contributed by atoms with E-state index in [4.69, 9.17) is 0 Å². The van der Waals surface area contributed by atoms with Gasteiger partial charge in [-0.25, -0.2) is 0 Å². The van der Waals surface area contributed by atoms with Gasteiger partial charge in [0.1, 0.15) is 0 Å². The van der Waals surface area contributed by atoms with Gasteiger partial charge in [0.15, 0.2) is 0 Å². The number of nitrogens with zero attached hydrogens (tertiary/aromatic N) is 1. The average molecular weight is 209 g/mol. The minimum Gasteiger partial charge on any atom is -0.258 e. The molecule has 0 bridgehead atoms. The second kappa shape index (κ2) is 3.81. The predicted octanol–water partition coefficient (Wildman–Crippen LogP) is 3.05. The van der Waals surface area contributed by atoms with Crippen molar-refractivity contribution in [3.8, 4) is 11.8 Å². The molecule has 0 aromatic carbocycles. The summed E-state index contributed by atoms with van der Waals surface area (Å²) in [7, 11) is 0. The van der Waals surface area contributed by atoms with E-state index in [-0.39, 0.29) is 10.4 Å². The monoisotopic (exact) mass is 209 g/mol. The molecule has 3 nitrogen and oxygen atoms in total. The summed E-state index contributed by atoms with van der Waals surface area (Å²) >= 11 is 1.11. The van der Waals surface area contributed by atoms with Crippen molar-refractivity contribution in [3.05, 3.63) is 27.1 Å². The van der Waals surface area contributed by atoms with Crippen LogP contribution < -0.4 is 0 Å². The van der Waals surface area contributed by atoms with Gasteiger partial charge in [0.2, 0.25) is 0 Å². The van der Waals surface area contributed by atoms with Crippen LogP contribution in [-0.2, 0) is 0 Å². The number of nitro groups is 1. The fourth-order valence-electron chi connectivity index (χ4n) is 0.742. The van der Waals surface area contributed by atoms with Crippen LogP contribution in [0.3, 0.4) is 0 Å². The van der Waals surface area contributed by atoms with Gasteiger partial charge in [0, 0.05) is 11.5 Å². The Hall–Kier alpha value is -1.34. The van der Waals surface area contributed by atoms with Gasteiger partial charge < -0.3 is 0 Å². The minimum absolute atomic E-state index is 0.0707. The predicted molar refractivity (Wildman–Crippen MR) is 57.3 cm³/mol. The summed E-state index contributed by atoms with van der Waals surface area (Å²) in [5, 5.41) is 10.5. The topological polar surface area (TPSA) is 43.1 Å². The van der Waals surface area contributed by atoms with E-state index >= 15 is 0 Å². The molecule has 0 amide bonds. The molecule has 0 N–H and O–H groups in total. The van der Waals surface area contributed by atoms with Crippen molar-refractivity contribution in [1.82, 2.24) is 0 Å². The highest BCUT2D eigenvalue weighted by molar-refractivity contribution is 7.15. The van der Waals surface area contributed by atoms with Crippen molar-refractivity contribution < 1.29 is 4.92 Å². The van der Waals surface area contributed by atoms with Crippen molar-refractivity contribution in [2.45, 2.75) is 20.8 Å². The maximum atomic E-state index is 10.4. The summed E-state index contributed by atoms with van der Waals surface area (Å²) in [5.41, 5.74) is -0.0707. The maximum Gasteiger partial charge on any atom is 0.325 e. The first-order valence-corrected chi connectivity index (χ1v) is 4.97. The van der Waals surface area contributed by atoms with Gasteiger partial charge in [-0.1, -0.05) is 23.2 Å². The molecule has 14 heavy (non-hydrogen) atoms. The first kappa shape index (κ1) is 10.7. The molecule has 1 heterocycles. The molecule has 0 aliphatic carbocycles. The molecule has 0 aliphatic heterocycles. The molecular weight excluding hydrogens is 198 g/mol. The lowest BCUT2D eigenvalue weighted by atomic mass is 9.98. The highest BCUT2D eigenvalue weighted by atomic mass is 32.1. The molecule has 0 atom stereocenters. The lowest BCUT2D eigenvalue weighted by molar-refractivity contribution is -0.380. The molecule has 1 aromatic rings. The molecule has 0 saturated heterocycles. The molecular formula is C10H11NO2S. The third kappa shape index (κ3) is 3.19. The first-order valence-electron chi connectivity index (χ1n) is 4.16. The molecule has 0 saturated carbocycles. The maximum absolute atomic E-state index is 10.4. The highest BCUT2D eigenvalue weighted by Crippen LogP contribution is 2.23. The molecule has 0 fully saturated rings. The summed E-state index contributed by atoms with van der Waals surface area (Å²) in [6, 6.07) is 3.17. The summed E-state index contributed by atoms with van der Waals surface area (Å²) in [4.78, 5) is 10.7. The van der Waals surface area contributed by atoms with Crippen LogP contribution in [0.1, 0.15) is 25.6 Å². The third-order valence-corrected chi connectivity index (χ3v) is 2.28. The second-order valence-corrected chi connectivity index (χ2v) is 4.96. The van der Waals surface area contributed by atoms with E-state index in [1.807, 2.05) is 20.8 Å². The highest BCUT2D eigenvalue weighted by Gasteiger charge is 2.08. The summed E-state index contributed by atoms with van der Waals surface area (Å²) in [5.74, 6) is 5.95. The molecule has 1 rings (SSSR count). The molecule has 0 aliphatic rings. The molecule has 0 radical (unpaired) electrons. The zero-order valence-electron chi connectivity index (χ0n) is 8.33. The van der Waals surface area contributed by atoms with Crippen LogP contribution in [0.25, 0.3) is 0 Å². The lowest BCUT2D eigenvalue weighted by Crippen LogP contribution is -1.98. The molecule has 4 heteroatoms. The van der Waals surface area contributed by atoms with E-state index in [1.54, 1.807) is 6.07 Å². The Morgan fingerprint density at radius 1 is 1.43 bits per heavy atom. The van der Waals surface area contributed by atoms with Crippen molar-refractivity contribution in [2.75, 3.05) is 0 Å². The largest absolute Gasteiger partial charge is 0.325 e. The number of thiophene rings is 1. The Labute approximate surface area is 86.9 Å². The zero-order chi connectivity index (χ0) is 10.8. The van der Waals surface area contributed by atoms with E-state index in [1.165, 1.54) is 6.07 Å². The van der Waals surface area contributed by atoms with E-state index in [2.05, 4.69) is 11.8 Å². The van der Waals surface area contributed by atoms with Crippen molar-refractivity contribution in [1.29, 1.82) is 0 Å². The lowest BCUT2D eigenvalue weighted by Gasteiger charge is -2.06. The standard InChI is InChI=1S/C10H11NO2S/c1-10(2,3)7-6-8-4-5-9(14-8)11(12)13/h4-5H,1-3H3. The van der Waals surface area contributed by atoms with Crippen LogP contribution >= 0.6 is 11.3 Å². The second-order valence-electron chi connectivity index (χ2n) is 3.89. The van der Waals surface area contributed by atoms with Gasteiger partial charge in [-0.3, -0.25) is 10.1 Å². The van der Waals surface area contributed by atoms with E-state index < -0.39 is 4.92 Å². The van der Waals surface area contributed by atoms with Gasteiger partial charge in [-0.2, -0.15) is 0 Å². The van der Waals surface area contributed by atoms with Crippen LogP contribution in [-0.4, -0.2) is 4.92 Å². The number of hydrogen-bond acceptors (Lipinski definition) is 3. The Bertz CT molecular complexity index is 404. The SMILES string of the molecule is CC(C)(C)C#Cc1ccc([N+](=O)[O-])s1. The smallest absolute Gasteiger partial charge is 0.258 e. The van der Waals surface area contributed by atoms with Crippen molar-refractivity contribution in [2.24, 2.45) is 5.41 Å². The Morgan fingerprint density at radius 3 is 2.50 bits per heavy atom. The average Bonchev–Trinajstić information content (AvgIpc) is 2.47. The minimum atomic E-state index is -0.396. The van der Waals surface area contributed by atoms with Crippen LogP contribution in [0.5, 0.6) is 0 Å². The van der Waals surface area contributed by atoms with E-state index in [0.29, 0.717) is 0 Å². The van der Waals surface area contributed by atoms with Gasteiger partial charge in [-0.15, -0.1) is 0 Å². The normalized spacial score (nSPS) is 10.5. The zero-order valence-corrected chi connectivity index (χ0v) is 9.14. The van der Waals surface area contributed by atoms with Gasteiger partial charge in [0.05, 0.1) is 9.80 Å². The van der Waals surface area contributed by atoms with Gasteiger partial charge in [-0.05, 0) is 26.8 Å². The number of rotatable bonds is 1.